The first-order chi connectivity index (χ1) is 13.5. The van der Waals surface area contributed by atoms with Crippen molar-refractivity contribution in [2.75, 3.05) is 25.0 Å². The number of esters is 1. The molecule has 1 amide bonds. The Kier molecular flexibility index (Phi) is 7.92. The molecule has 2 aromatic rings. The first-order valence-electron chi connectivity index (χ1n) is 9.67. The van der Waals surface area contributed by atoms with Crippen molar-refractivity contribution in [2.24, 2.45) is 0 Å². The summed E-state index contributed by atoms with van der Waals surface area (Å²) in [7, 11) is 0. The Bertz CT molecular complexity index is 800. The predicted molar refractivity (Wildman–Crippen MR) is 109 cm³/mol. The van der Waals surface area contributed by atoms with Gasteiger partial charge < -0.3 is 15.0 Å². The molecule has 7 heteroatoms. The van der Waals surface area contributed by atoms with Gasteiger partial charge in [-0.1, -0.05) is 13.8 Å². The monoisotopic (exact) mass is 384 g/mol. The van der Waals surface area contributed by atoms with Crippen LogP contribution in [0.15, 0.2) is 30.3 Å². The van der Waals surface area contributed by atoms with Gasteiger partial charge in [-0.15, -0.1) is 0 Å². The van der Waals surface area contributed by atoms with Crippen LogP contribution in [0, 0.1) is 6.92 Å². The van der Waals surface area contributed by atoms with Gasteiger partial charge in [-0.05, 0) is 51.0 Å². The lowest BCUT2D eigenvalue weighted by Crippen LogP contribution is -2.33. The van der Waals surface area contributed by atoms with Gasteiger partial charge in [0.05, 0.1) is 12.2 Å². The van der Waals surface area contributed by atoms with Gasteiger partial charge in [0.1, 0.15) is 17.3 Å². The van der Waals surface area contributed by atoms with Crippen LogP contribution in [0.2, 0.25) is 0 Å². The third kappa shape index (κ3) is 5.77. The van der Waals surface area contributed by atoms with Crippen molar-refractivity contribution in [2.45, 2.75) is 40.5 Å². The standard InChI is InChI=1S/C21H28N4O3/c1-5-12-25(13-6-2)20(26)18-14-19(23-15(4)22-18)24-17-10-8-16(9-11-17)21(27)28-7-3/h8-11,14H,5-7,12-13H2,1-4H3,(H,22,23,24). The van der Waals surface area contributed by atoms with E-state index in [1.807, 2.05) is 18.7 Å². The fourth-order valence-electron chi connectivity index (χ4n) is 2.81. The van der Waals surface area contributed by atoms with Gasteiger partial charge in [-0.25, -0.2) is 14.8 Å². The molecule has 150 valence electrons. The van der Waals surface area contributed by atoms with E-state index in [0.29, 0.717) is 42.6 Å². The summed E-state index contributed by atoms with van der Waals surface area (Å²) in [5.41, 5.74) is 1.61. The van der Waals surface area contributed by atoms with Crippen molar-refractivity contribution in [1.29, 1.82) is 0 Å². The number of rotatable bonds is 9. The largest absolute Gasteiger partial charge is 0.462 e. The van der Waals surface area contributed by atoms with Crippen LogP contribution in [0.4, 0.5) is 11.5 Å². The summed E-state index contributed by atoms with van der Waals surface area (Å²) >= 11 is 0. The second-order valence-electron chi connectivity index (χ2n) is 6.40. The molecule has 0 aliphatic carbocycles. The predicted octanol–water partition coefficient (Wildman–Crippen LogP) is 3.97. The summed E-state index contributed by atoms with van der Waals surface area (Å²) in [6.45, 7) is 9.37. The average molecular weight is 384 g/mol. The Morgan fingerprint density at radius 2 is 1.68 bits per heavy atom. The molecule has 0 atom stereocenters. The lowest BCUT2D eigenvalue weighted by molar-refractivity contribution is 0.0526. The van der Waals surface area contributed by atoms with Gasteiger partial charge in [0.25, 0.3) is 5.91 Å². The van der Waals surface area contributed by atoms with Crippen molar-refractivity contribution in [1.82, 2.24) is 14.9 Å². The van der Waals surface area contributed by atoms with E-state index in [2.05, 4.69) is 15.3 Å². The molecule has 7 nitrogen and oxygen atoms in total. The van der Waals surface area contributed by atoms with E-state index in [1.165, 1.54) is 0 Å². The quantitative estimate of drug-likeness (QED) is 0.659. The Hall–Kier alpha value is -2.96. The van der Waals surface area contributed by atoms with Gasteiger partial charge in [-0.3, -0.25) is 4.79 Å². The van der Waals surface area contributed by atoms with E-state index in [4.69, 9.17) is 4.74 Å². The zero-order valence-electron chi connectivity index (χ0n) is 17.0. The van der Waals surface area contributed by atoms with Gasteiger partial charge in [0.15, 0.2) is 0 Å². The number of aromatic nitrogens is 2. The molecule has 0 fully saturated rings. The molecule has 0 radical (unpaired) electrons. The van der Waals surface area contributed by atoms with Gasteiger partial charge in [0, 0.05) is 24.8 Å². The van der Waals surface area contributed by atoms with E-state index < -0.39 is 0 Å². The van der Waals surface area contributed by atoms with E-state index in [-0.39, 0.29) is 11.9 Å². The fraction of sp³-hybridized carbons (Fsp3) is 0.429. The van der Waals surface area contributed by atoms with Crippen LogP contribution in [0.1, 0.15) is 60.3 Å². The molecule has 0 aliphatic heterocycles. The molecule has 0 bridgehead atoms. The topological polar surface area (TPSA) is 84.4 Å². The van der Waals surface area contributed by atoms with Gasteiger partial charge in [-0.2, -0.15) is 0 Å². The van der Waals surface area contributed by atoms with E-state index in [0.717, 1.165) is 18.5 Å². The molecule has 1 aromatic heterocycles. The van der Waals surface area contributed by atoms with E-state index in [1.54, 1.807) is 44.2 Å². The summed E-state index contributed by atoms with van der Waals surface area (Å²) in [5, 5.41) is 3.17. The Labute approximate surface area is 166 Å². The molecule has 0 aliphatic rings. The minimum atomic E-state index is -0.355. The third-order valence-corrected chi connectivity index (χ3v) is 4.00. The normalized spacial score (nSPS) is 10.4. The molecule has 0 saturated carbocycles. The number of hydrogen-bond acceptors (Lipinski definition) is 6. The van der Waals surface area contributed by atoms with Crippen LogP contribution >= 0.6 is 0 Å². The molecule has 1 aromatic carbocycles. The SMILES string of the molecule is CCCN(CCC)C(=O)c1cc(Nc2ccc(C(=O)OCC)cc2)nc(C)n1. The minimum absolute atomic E-state index is 0.0880. The molecular formula is C21H28N4O3. The fourth-order valence-corrected chi connectivity index (χ4v) is 2.81. The highest BCUT2D eigenvalue weighted by Crippen LogP contribution is 2.18. The molecular weight excluding hydrogens is 356 g/mol. The number of benzene rings is 1. The van der Waals surface area contributed by atoms with Crippen molar-refractivity contribution < 1.29 is 14.3 Å². The molecule has 0 spiro atoms. The molecule has 1 N–H and O–H groups in total. The summed E-state index contributed by atoms with van der Waals surface area (Å²) in [6.07, 6.45) is 1.79. The number of anilines is 2. The second kappa shape index (κ2) is 10.4. The summed E-state index contributed by atoms with van der Waals surface area (Å²) in [4.78, 5) is 35.1. The highest BCUT2D eigenvalue weighted by Gasteiger charge is 2.17. The van der Waals surface area contributed by atoms with E-state index in [9.17, 15) is 9.59 Å². The maximum absolute atomic E-state index is 12.8. The highest BCUT2D eigenvalue weighted by molar-refractivity contribution is 5.93. The first kappa shape index (κ1) is 21.3. The van der Waals surface area contributed by atoms with Crippen molar-refractivity contribution in [3.63, 3.8) is 0 Å². The number of nitrogens with zero attached hydrogens (tertiary/aromatic N) is 3. The van der Waals surface area contributed by atoms with E-state index >= 15 is 0 Å². The smallest absolute Gasteiger partial charge is 0.338 e. The average Bonchev–Trinajstić information content (AvgIpc) is 2.67. The lowest BCUT2D eigenvalue weighted by atomic mass is 10.2. The molecule has 2 rings (SSSR count). The summed E-state index contributed by atoms with van der Waals surface area (Å²) in [5.74, 6) is 0.610. The Morgan fingerprint density at radius 1 is 1.04 bits per heavy atom. The number of ether oxygens (including phenoxy) is 1. The number of nitrogens with one attached hydrogen (secondary N) is 1. The number of carbonyl (C=O) groups excluding carboxylic acids is 2. The number of carbonyl (C=O) groups is 2. The molecule has 0 unspecified atom stereocenters. The second-order valence-corrected chi connectivity index (χ2v) is 6.40. The van der Waals surface area contributed by atoms with Gasteiger partial charge in [0.2, 0.25) is 0 Å². The summed E-state index contributed by atoms with van der Waals surface area (Å²) in [6, 6.07) is 8.57. The van der Waals surface area contributed by atoms with Crippen LogP contribution in [0.25, 0.3) is 0 Å². The van der Waals surface area contributed by atoms with Crippen LogP contribution in [0.3, 0.4) is 0 Å². The molecule has 1 heterocycles. The molecule has 28 heavy (non-hydrogen) atoms. The van der Waals surface area contributed by atoms with Gasteiger partial charge >= 0.3 is 5.97 Å². The van der Waals surface area contributed by atoms with Crippen LogP contribution in [0.5, 0.6) is 0 Å². The maximum Gasteiger partial charge on any atom is 0.338 e. The Morgan fingerprint density at radius 3 is 2.25 bits per heavy atom. The maximum atomic E-state index is 12.8. The van der Waals surface area contributed by atoms with Crippen molar-refractivity contribution in [3.8, 4) is 0 Å². The third-order valence-electron chi connectivity index (χ3n) is 4.00. The first-order valence-corrected chi connectivity index (χ1v) is 9.67. The highest BCUT2D eigenvalue weighted by atomic mass is 16.5. The zero-order chi connectivity index (χ0) is 20.5. The van der Waals surface area contributed by atoms with Crippen LogP contribution in [-0.4, -0.2) is 46.4 Å². The van der Waals surface area contributed by atoms with Crippen molar-refractivity contribution in [3.05, 3.63) is 47.4 Å². The summed E-state index contributed by atoms with van der Waals surface area (Å²) < 4.78 is 4.98. The number of amides is 1. The molecule has 0 saturated heterocycles. The minimum Gasteiger partial charge on any atom is -0.462 e. The van der Waals surface area contributed by atoms with Crippen LogP contribution < -0.4 is 5.32 Å². The number of hydrogen-bond donors (Lipinski definition) is 1. The Balaban J connectivity index is 2.18. The zero-order valence-corrected chi connectivity index (χ0v) is 17.0. The number of aryl methyl sites for hydroxylation is 1. The van der Waals surface area contributed by atoms with Crippen LogP contribution in [-0.2, 0) is 4.74 Å². The van der Waals surface area contributed by atoms with Crippen molar-refractivity contribution >= 4 is 23.4 Å². The lowest BCUT2D eigenvalue weighted by Gasteiger charge is -2.21.